The Labute approximate surface area is 115 Å². The largest absolute Gasteiger partial charge is 0.255 e. The molecule has 1 aromatic carbocycles. The van der Waals surface area contributed by atoms with Crippen molar-refractivity contribution >= 4 is 45.9 Å². The minimum absolute atomic E-state index is 0.412. The number of hydrogen-bond donors (Lipinski definition) is 0. The van der Waals surface area contributed by atoms with Gasteiger partial charge >= 0.3 is 0 Å². The fourth-order valence-corrected chi connectivity index (χ4v) is 3.81. The maximum atomic E-state index is 6.03. The number of aromatic nitrogens is 1. The lowest BCUT2D eigenvalue weighted by Gasteiger charge is -2.05. The number of pyridine rings is 1. The first-order valence-electron chi connectivity index (χ1n) is 5.51. The molecule has 0 radical (unpaired) electrons. The first kappa shape index (κ1) is 11.6. The van der Waals surface area contributed by atoms with Crippen LogP contribution in [0.3, 0.4) is 0 Å². The van der Waals surface area contributed by atoms with Crippen molar-refractivity contribution in [3.63, 3.8) is 0 Å². The third-order valence-electron chi connectivity index (χ3n) is 2.99. The van der Waals surface area contributed by atoms with Gasteiger partial charge in [-0.05, 0) is 18.6 Å². The summed E-state index contributed by atoms with van der Waals surface area (Å²) in [5.74, 6) is 1.37. The fraction of sp³-hybridized carbons (Fsp3) is 0.308. The predicted molar refractivity (Wildman–Crippen MR) is 75.0 cm³/mol. The van der Waals surface area contributed by atoms with Gasteiger partial charge in [-0.15, -0.1) is 35.0 Å². The molecule has 0 saturated heterocycles. The third kappa shape index (κ3) is 2.40. The monoisotopic (exact) mass is 283 g/mol. The molecule has 2 aromatic rings. The van der Waals surface area contributed by atoms with Gasteiger partial charge in [0.25, 0.3) is 0 Å². The molecule has 0 bridgehead atoms. The molecule has 1 nitrogen and oxygen atoms in total. The van der Waals surface area contributed by atoms with Crippen LogP contribution < -0.4 is 0 Å². The van der Waals surface area contributed by atoms with E-state index in [0.29, 0.717) is 5.92 Å². The number of fused-ring (bicyclic) bond motifs is 1. The molecule has 1 aliphatic carbocycles. The first-order chi connectivity index (χ1) is 8.17. The molecule has 1 atom stereocenters. The Morgan fingerprint density at radius 3 is 2.82 bits per heavy atom. The van der Waals surface area contributed by atoms with Crippen LogP contribution in [0.2, 0.25) is 0 Å². The summed E-state index contributed by atoms with van der Waals surface area (Å²) in [5.41, 5.74) is 1.07. The molecule has 0 unspecified atom stereocenters. The van der Waals surface area contributed by atoms with Gasteiger partial charge in [0.05, 0.1) is 5.52 Å². The Bertz CT molecular complexity index is 551. The molecule has 4 heteroatoms. The lowest BCUT2D eigenvalue weighted by molar-refractivity contribution is 0.979. The molecule has 17 heavy (non-hydrogen) atoms. The Morgan fingerprint density at radius 1 is 1.29 bits per heavy atom. The number of thioether (sulfide) groups is 1. The zero-order valence-electron chi connectivity index (χ0n) is 9.07. The van der Waals surface area contributed by atoms with Gasteiger partial charge in [-0.1, -0.05) is 18.2 Å². The summed E-state index contributed by atoms with van der Waals surface area (Å²) in [6, 6.07) is 10.3. The number of alkyl halides is 2. The highest BCUT2D eigenvalue weighted by atomic mass is 35.5. The van der Waals surface area contributed by atoms with Crippen molar-refractivity contribution in [2.45, 2.75) is 15.6 Å². The van der Waals surface area contributed by atoms with E-state index >= 15 is 0 Å². The average molecular weight is 284 g/mol. The molecule has 0 aliphatic heterocycles. The third-order valence-corrected chi connectivity index (χ3v) is 5.13. The average Bonchev–Trinajstić information content (AvgIpc) is 2.94. The van der Waals surface area contributed by atoms with Crippen LogP contribution in [0.5, 0.6) is 0 Å². The summed E-state index contributed by atoms with van der Waals surface area (Å²) < 4.78 is -0.481. The van der Waals surface area contributed by atoms with Crippen LogP contribution in [0, 0.1) is 5.92 Å². The van der Waals surface area contributed by atoms with E-state index in [2.05, 4.69) is 29.2 Å². The van der Waals surface area contributed by atoms with Crippen LogP contribution in [-0.2, 0) is 0 Å². The van der Waals surface area contributed by atoms with Crippen molar-refractivity contribution in [3.8, 4) is 0 Å². The predicted octanol–water partition coefficient (Wildman–Crippen LogP) is 4.52. The molecule has 3 rings (SSSR count). The second-order valence-electron chi connectivity index (χ2n) is 4.30. The van der Waals surface area contributed by atoms with Gasteiger partial charge < -0.3 is 0 Å². The van der Waals surface area contributed by atoms with Crippen molar-refractivity contribution in [3.05, 3.63) is 36.5 Å². The Hall–Kier alpha value is -0.440. The van der Waals surface area contributed by atoms with Crippen LogP contribution in [0.25, 0.3) is 10.9 Å². The van der Waals surface area contributed by atoms with E-state index in [4.69, 9.17) is 23.2 Å². The molecule has 1 aliphatic rings. The van der Waals surface area contributed by atoms with E-state index < -0.39 is 4.33 Å². The van der Waals surface area contributed by atoms with Gasteiger partial charge in [0, 0.05) is 28.1 Å². The van der Waals surface area contributed by atoms with Crippen molar-refractivity contribution in [2.24, 2.45) is 5.92 Å². The maximum Gasteiger partial charge on any atom is 0.122 e. The van der Waals surface area contributed by atoms with E-state index in [1.807, 2.05) is 12.3 Å². The van der Waals surface area contributed by atoms with Crippen LogP contribution in [0.1, 0.15) is 6.42 Å². The first-order valence-corrected chi connectivity index (χ1v) is 7.25. The highest BCUT2D eigenvalue weighted by Crippen LogP contribution is 2.55. The number of nitrogens with zero attached hydrogens (tertiary/aromatic N) is 1. The van der Waals surface area contributed by atoms with Crippen LogP contribution in [0.4, 0.5) is 0 Å². The second-order valence-corrected chi connectivity index (χ2v) is 6.91. The minimum atomic E-state index is -0.481. The summed E-state index contributed by atoms with van der Waals surface area (Å²) in [6.07, 6.45) is 2.73. The molecule has 0 N–H and O–H groups in total. The molecule has 0 spiro atoms. The van der Waals surface area contributed by atoms with E-state index in [9.17, 15) is 0 Å². The summed E-state index contributed by atoms with van der Waals surface area (Å²) in [7, 11) is 0. The van der Waals surface area contributed by atoms with Crippen molar-refractivity contribution in [1.82, 2.24) is 4.98 Å². The normalized spacial score (nSPS) is 21.6. The molecule has 88 valence electrons. The van der Waals surface area contributed by atoms with E-state index in [1.165, 1.54) is 10.3 Å². The van der Waals surface area contributed by atoms with Crippen LogP contribution in [0.15, 0.2) is 41.4 Å². The second kappa shape index (κ2) is 4.34. The van der Waals surface area contributed by atoms with Gasteiger partial charge in [0.1, 0.15) is 4.33 Å². The summed E-state index contributed by atoms with van der Waals surface area (Å²) in [4.78, 5) is 5.64. The summed E-state index contributed by atoms with van der Waals surface area (Å²) >= 11 is 13.8. The van der Waals surface area contributed by atoms with E-state index in [0.717, 1.165) is 17.7 Å². The zero-order valence-corrected chi connectivity index (χ0v) is 11.4. The quantitative estimate of drug-likeness (QED) is 0.607. The highest BCUT2D eigenvalue weighted by Gasteiger charge is 2.51. The number of benzene rings is 1. The van der Waals surface area contributed by atoms with Crippen molar-refractivity contribution in [2.75, 3.05) is 5.75 Å². The summed E-state index contributed by atoms with van der Waals surface area (Å²) in [6.45, 7) is 0. The van der Waals surface area contributed by atoms with E-state index in [1.54, 1.807) is 11.8 Å². The lowest BCUT2D eigenvalue weighted by Crippen LogP contribution is -1.93. The number of hydrogen-bond acceptors (Lipinski definition) is 2. The summed E-state index contributed by atoms with van der Waals surface area (Å²) in [5, 5.41) is 1.18. The number of halogens is 2. The Kier molecular flexibility index (Phi) is 2.97. The van der Waals surface area contributed by atoms with Crippen LogP contribution in [-0.4, -0.2) is 15.1 Å². The molecular weight excluding hydrogens is 273 g/mol. The molecule has 1 fully saturated rings. The Balaban J connectivity index is 1.81. The molecule has 1 aromatic heterocycles. The zero-order chi connectivity index (χ0) is 11.9. The topological polar surface area (TPSA) is 12.9 Å². The number of rotatable bonds is 3. The maximum absolute atomic E-state index is 6.03. The molecular formula is C13H11Cl2NS. The smallest absolute Gasteiger partial charge is 0.122 e. The van der Waals surface area contributed by atoms with Gasteiger partial charge in [-0.25, -0.2) is 0 Å². The number of para-hydroxylation sites is 1. The van der Waals surface area contributed by atoms with E-state index in [-0.39, 0.29) is 0 Å². The minimum Gasteiger partial charge on any atom is -0.255 e. The van der Waals surface area contributed by atoms with Crippen molar-refractivity contribution in [1.29, 1.82) is 0 Å². The fourth-order valence-electron chi connectivity index (χ4n) is 1.83. The SMILES string of the molecule is ClC1(Cl)C[C@H]1CSc1cccc2cccnc12. The van der Waals surface area contributed by atoms with Gasteiger partial charge in [-0.2, -0.15) is 0 Å². The molecule has 0 amide bonds. The van der Waals surface area contributed by atoms with Gasteiger partial charge in [0.15, 0.2) is 0 Å². The van der Waals surface area contributed by atoms with Gasteiger partial charge in [0.2, 0.25) is 0 Å². The van der Waals surface area contributed by atoms with Gasteiger partial charge in [-0.3, -0.25) is 4.98 Å². The standard InChI is InChI=1S/C13H11Cl2NS/c14-13(15)7-10(13)8-17-11-5-1-3-9-4-2-6-16-12(9)11/h1-6,10H,7-8H2/t10-/m0/s1. The molecule has 1 heterocycles. The highest BCUT2D eigenvalue weighted by molar-refractivity contribution is 7.99. The Morgan fingerprint density at radius 2 is 2.06 bits per heavy atom. The van der Waals surface area contributed by atoms with Crippen molar-refractivity contribution < 1.29 is 0 Å². The lowest BCUT2D eigenvalue weighted by atomic mass is 10.2. The van der Waals surface area contributed by atoms with Crippen LogP contribution >= 0.6 is 35.0 Å². The molecule has 1 saturated carbocycles.